The van der Waals surface area contributed by atoms with Gasteiger partial charge in [-0.25, -0.2) is 5.48 Å². The van der Waals surface area contributed by atoms with Gasteiger partial charge in [0.15, 0.2) is 0 Å². The van der Waals surface area contributed by atoms with Gasteiger partial charge in [-0.15, -0.1) is 0 Å². The summed E-state index contributed by atoms with van der Waals surface area (Å²) in [6.07, 6.45) is 0. The molecule has 3 rings (SSSR count). The Morgan fingerprint density at radius 1 is 0.926 bits per heavy atom. The molecule has 0 heterocycles. The number of hydrogen-bond donors (Lipinski definition) is 3. The standard InChI is InChI=1S/C21H20N2O4/c1-13(14-4-3-5-19(12-14)27-2)22-20(24)17-8-6-16-11-18(21(25)23-26)9-7-15(16)10-17/h3-13,26H,1-2H3,(H,22,24)(H,23,25)/t13-/m1/s1. The highest BCUT2D eigenvalue weighted by atomic mass is 16.5. The molecule has 0 spiro atoms. The van der Waals surface area contributed by atoms with E-state index < -0.39 is 5.91 Å². The topological polar surface area (TPSA) is 87.7 Å². The lowest BCUT2D eigenvalue weighted by molar-refractivity contribution is 0.0706. The maximum absolute atomic E-state index is 12.6. The summed E-state index contributed by atoms with van der Waals surface area (Å²) in [5, 5.41) is 13.3. The molecule has 6 heteroatoms. The molecule has 3 aromatic rings. The third kappa shape index (κ3) is 4.07. The number of ether oxygens (including phenoxy) is 1. The van der Waals surface area contributed by atoms with Crippen LogP contribution < -0.4 is 15.5 Å². The Hall–Kier alpha value is -3.38. The van der Waals surface area contributed by atoms with Crippen molar-refractivity contribution in [1.82, 2.24) is 10.8 Å². The van der Waals surface area contributed by atoms with Crippen LogP contribution in [-0.4, -0.2) is 24.1 Å². The number of fused-ring (bicyclic) bond motifs is 1. The summed E-state index contributed by atoms with van der Waals surface area (Å²) in [5.41, 5.74) is 3.42. The zero-order chi connectivity index (χ0) is 19.4. The van der Waals surface area contributed by atoms with Gasteiger partial charge in [-0.05, 0) is 59.7 Å². The van der Waals surface area contributed by atoms with Crippen molar-refractivity contribution in [2.75, 3.05) is 7.11 Å². The van der Waals surface area contributed by atoms with Crippen molar-refractivity contribution < 1.29 is 19.5 Å². The molecule has 0 bridgehead atoms. The summed E-state index contributed by atoms with van der Waals surface area (Å²) in [7, 11) is 1.60. The number of nitrogens with one attached hydrogen (secondary N) is 2. The van der Waals surface area contributed by atoms with Crippen molar-refractivity contribution in [2.45, 2.75) is 13.0 Å². The van der Waals surface area contributed by atoms with Crippen LogP contribution >= 0.6 is 0 Å². The summed E-state index contributed by atoms with van der Waals surface area (Å²) in [5.74, 6) is -0.0303. The summed E-state index contributed by atoms with van der Waals surface area (Å²) >= 11 is 0. The van der Waals surface area contributed by atoms with Gasteiger partial charge in [0.05, 0.1) is 13.2 Å². The monoisotopic (exact) mass is 364 g/mol. The van der Waals surface area contributed by atoms with Gasteiger partial charge in [0.25, 0.3) is 11.8 Å². The van der Waals surface area contributed by atoms with Crippen LogP contribution in [0.2, 0.25) is 0 Å². The molecule has 0 radical (unpaired) electrons. The van der Waals surface area contributed by atoms with Gasteiger partial charge >= 0.3 is 0 Å². The second kappa shape index (κ2) is 7.88. The van der Waals surface area contributed by atoms with Crippen LogP contribution in [0.25, 0.3) is 10.8 Å². The van der Waals surface area contributed by atoms with E-state index in [1.54, 1.807) is 49.0 Å². The smallest absolute Gasteiger partial charge is 0.274 e. The normalized spacial score (nSPS) is 11.7. The van der Waals surface area contributed by atoms with Crippen molar-refractivity contribution in [2.24, 2.45) is 0 Å². The fraction of sp³-hybridized carbons (Fsp3) is 0.143. The number of hydrogen-bond acceptors (Lipinski definition) is 4. The second-order valence-corrected chi connectivity index (χ2v) is 6.19. The Bertz CT molecular complexity index is 1000. The molecular weight excluding hydrogens is 344 g/mol. The number of benzene rings is 3. The predicted octanol–water partition coefficient (Wildman–Crippen LogP) is 3.46. The number of hydroxylamine groups is 1. The molecule has 138 valence electrons. The van der Waals surface area contributed by atoms with E-state index in [4.69, 9.17) is 9.94 Å². The van der Waals surface area contributed by atoms with Crippen molar-refractivity contribution in [3.8, 4) is 5.75 Å². The van der Waals surface area contributed by atoms with Crippen LogP contribution in [0.3, 0.4) is 0 Å². The fourth-order valence-electron chi connectivity index (χ4n) is 2.87. The minimum atomic E-state index is -0.578. The molecule has 0 fully saturated rings. The zero-order valence-electron chi connectivity index (χ0n) is 15.0. The molecule has 0 saturated carbocycles. The highest BCUT2D eigenvalue weighted by molar-refractivity contribution is 6.01. The van der Waals surface area contributed by atoms with Gasteiger partial charge in [-0.2, -0.15) is 0 Å². The minimum Gasteiger partial charge on any atom is -0.497 e. The predicted molar refractivity (Wildman–Crippen MR) is 102 cm³/mol. The largest absolute Gasteiger partial charge is 0.497 e. The summed E-state index contributed by atoms with van der Waals surface area (Å²) < 4.78 is 5.22. The Morgan fingerprint density at radius 3 is 2.15 bits per heavy atom. The van der Waals surface area contributed by atoms with Crippen LogP contribution in [0, 0.1) is 0 Å². The van der Waals surface area contributed by atoms with E-state index in [2.05, 4.69) is 5.32 Å². The van der Waals surface area contributed by atoms with E-state index in [1.807, 2.05) is 31.2 Å². The van der Waals surface area contributed by atoms with Crippen molar-refractivity contribution in [3.05, 3.63) is 77.4 Å². The van der Waals surface area contributed by atoms with Crippen molar-refractivity contribution in [3.63, 3.8) is 0 Å². The molecule has 1 atom stereocenters. The molecule has 3 N–H and O–H groups in total. The second-order valence-electron chi connectivity index (χ2n) is 6.19. The van der Waals surface area contributed by atoms with Crippen molar-refractivity contribution in [1.29, 1.82) is 0 Å². The molecule has 0 aliphatic heterocycles. The Balaban J connectivity index is 1.79. The number of carbonyl (C=O) groups excluding carboxylic acids is 2. The molecule has 2 amide bonds. The Labute approximate surface area is 156 Å². The highest BCUT2D eigenvalue weighted by Gasteiger charge is 2.13. The van der Waals surface area contributed by atoms with E-state index in [1.165, 1.54) is 0 Å². The molecule has 0 aliphatic carbocycles. The minimum absolute atomic E-state index is 0.182. The molecule has 6 nitrogen and oxygen atoms in total. The van der Waals surface area contributed by atoms with Gasteiger partial charge in [-0.1, -0.05) is 24.3 Å². The van der Waals surface area contributed by atoms with Gasteiger partial charge in [0.1, 0.15) is 5.75 Å². The number of methoxy groups -OCH3 is 1. The third-order valence-corrected chi connectivity index (χ3v) is 4.41. The quantitative estimate of drug-likeness (QED) is 0.478. The number of rotatable bonds is 5. The van der Waals surface area contributed by atoms with Crippen LogP contribution in [0.15, 0.2) is 60.7 Å². The molecular formula is C21H20N2O4. The Morgan fingerprint density at radius 2 is 1.56 bits per heavy atom. The maximum Gasteiger partial charge on any atom is 0.274 e. The van der Waals surface area contributed by atoms with E-state index in [-0.39, 0.29) is 11.9 Å². The summed E-state index contributed by atoms with van der Waals surface area (Å²) in [6, 6.07) is 17.6. The fourth-order valence-corrected chi connectivity index (χ4v) is 2.87. The highest BCUT2D eigenvalue weighted by Crippen LogP contribution is 2.21. The first-order chi connectivity index (χ1) is 13.0. The van der Waals surface area contributed by atoms with Crippen LogP contribution in [0.1, 0.15) is 39.2 Å². The average Bonchev–Trinajstić information content (AvgIpc) is 2.72. The number of carbonyl (C=O) groups is 2. The average molecular weight is 364 g/mol. The van der Waals surface area contributed by atoms with Gasteiger partial charge in [0.2, 0.25) is 0 Å². The van der Waals surface area contributed by atoms with Gasteiger partial charge < -0.3 is 10.1 Å². The Kier molecular flexibility index (Phi) is 5.38. The first-order valence-electron chi connectivity index (χ1n) is 8.45. The van der Waals surface area contributed by atoms with E-state index >= 15 is 0 Å². The van der Waals surface area contributed by atoms with Crippen LogP contribution in [-0.2, 0) is 0 Å². The SMILES string of the molecule is COc1cccc([C@@H](C)NC(=O)c2ccc3cc(C(=O)NO)ccc3c2)c1. The van der Waals surface area contributed by atoms with Crippen LogP contribution in [0.5, 0.6) is 5.75 Å². The lowest BCUT2D eigenvalue weighted by atomic mass is 10.0. The zero-order valence-corrected chi connectivity index (χ0v) is 15.0. The molecule has 27 heavy (non-hydrogen) atoms. The number of amides is 2. The molecule has 0 aliphatic rings. The molecule has 0 aromatic heterocycles. The first-order valence-corrected chi connectivity index (χ1v) is 8.45. The maximum atomic E-state index is 12.6. The summed E-state index contributed by atoms with van der Waals surface area (Å²) in [4.78, 5) is 24.1. The van der Waals surface area contributed by atoms with Crippen molar-refractivity contribution >= 4 is 22.6 Å². The third-order valence-electron chi connectivity index (χ3n) is 4.41. The van der Waals surface area contributed by atoms with Crippen LogP contribution in [0.4, 0.5) is 0 Å². The van der Waals surface area contributed by atoms with E-state index in [0.717, 1.165) is 22.1 Å². The van der Waals surface area contributed by atoms with E-state index in [0.29, 0.717) is 11.1 Å². The lowest BCUT2D eigenvalue weighted by Crippen LogP contribution is -2.26. The lowest BCUT2D eigenvalue weighted by Gasteiger charge is -2.15. The van der Waals surface area contributed by atoms with Gasteiger partial charge in [-0.3, -0.25) is 14.8 Å². The van der Waals surface area contributed by atoms with Gasteiger partial charge in [0, 0.05) is 11.1 Å². The molecule has 0 unspecified atom stereocenters. The molecule has 3 aromatic carbocycles. The molecule has 0 saturated heterocycles. The summed E-state index contributed by atoms with van der Waals surface area (Å²) in [6.45, 7) is 1.91. The van der Waals surface area contributed by atoms with E-state index in [9.17, 15) is 9.59 Å². The first kappa shape index (κ1) is 18.4.